The Balaban J connectivity index is 1.21. The van der Waals surface area contributed by atoms with Crippen LogP contribution in [0.3, 0.4) is 0 Å². The van der Waals surface area contributed by atoms with Crippen LogP contribution in [0.1, 0.15) is 92.4 Å². The molecule has 0 saturated carbocycles. The number of nitrogens with zero attached hydrogens (tertiary/aromatic N) is 1. The predicted molar refractivity (Wildman–Crippen MR) is 134 cm³/mol. The number of rotatable bonds is 11. The number of amides is 2. The van der Waals surface area contributed by atoms with Crippen LogP contribution in [0.4, 0.5) is 0 Å². The number of carbonyl (C=O) groups is 3. The van der Waals surface area contributed by atoms with Gasteiger partial charge in [-0.15, -0.1) is 0 Å². The number of carbonyl (C=O) groups excluding carboxylic acids is 3. The van der Waals surface area contributed by atoms with Crippen molar-refractivity contribution in [2.45, 2.75) is 70.1 Å². The second-order valence-electron chi connectivity index (χ2n) is 10.2. The number of ether oxygens (including phenoxy) is 1. The number of unbranched alkanes of at least 4 members (excludes halogenated alkanes) is 7. The molecule has 1 heterocycles. The largest absolute Gasteiger partial charge is 0.464 e. The lowest BCUT2D eigenvalue weighted by Gasteiger charge is -2.45. The molecule has 1 aliphatic heterocycles. The van der Waals surface area contributed by atoms with Crippen molar-refractivity contribution in [3.8, 4) is 0 Å². The summed E-state index contributed by atoms with van der Waals surface area (Å²) >= 11 is 0. The number of imide groups is 1. The molecule has 2 aromatic rings. The highest BCUT2D eigenvalue weighted by Gasteiger charge is 2.61. The molecule has 0 aromatic heterocycles. The summed E-state index contributed by atoms with van der Waals surface area (Å²) in [6.07, 6.45) is 9.34. The predicted octanol–water partition coefficient (Wildman–Crippen LogP) is 5.56. The second-order valence-corrected chi connectivity index (χ2v) is 10.2. The molecule has 184 valence electrons. The van der Waals surface area contributed by atoms with Crippen molar-refractivity contribution in [3.63, 3.8) is 0 Å². The number of likely N-dealkylation sites (tertiary alicyclic amines) is 1. The van der Waals surface area contributed by atoms with Crippen LogP contribution >= 0.6 is 0 Å². The van der Waals surface area contributed by atoms with Crippen LogP contribution in [0.25, 0.3) is 0 Å². The van der Waals surface area contributed by atoms with Crippen LogP contribution in [0, 0.1) is 11.8 Å². The molecule has 35 heavy (non-hydrogen) atoms. The van der Waals surface area contributed by atoms with Gasteiger partial charge in [0.15, 0.2) is 0 Å². The highest BCUT2D eigenvalue weighted by Crippen LogP contribution is 2.60. The first-order valence-corrected chi connectivity index (χ1v) is 13.3. The Kier molecular flexibility index (Phi) is 7.03. The Bertz CT molecular complexity index is 994. The van der Waals surface area contributed by atoms with E-state index in [9.17, 15) is 14.4 Å². The third-order valence-electron chi connectivity index (χ3n) is 8.09. The van der Waals surface area contributed by atoms with E-state index < -0.39 is 17.8 Å². The van der Waals surface area contributed by atoms with Gasteiger partial charge >= 0.3 is 5.97 Å². The minimum absolute atomic E-state index is 0.146. The summed E-state index contributed by atoms with van der Waals surface area (Å²) in [5, 5.41) is 0. The molecule has 1 fully saturated rings. The van der Waals surface area contributed by atoms with Crippen molar-refractivity contribution in [2.24, 2.45) is 11.8 Å². The van der Waals surface area contributed by atoms with Gasteiger partial charge in [-0.25, -0.2) is 0 Å². The van der Waals surface area contributed by atoms with E-state index in [-0.39, 0.29) is 30.2 Å². The van der Waals surface area contributed by atoms with Gasteiger partial charge in [-0.3, -0.25) is 19.3 Å². The second kappa shape index (κ2) is 10.3. The van der Waals surface area contributed by atoms with Crippen molar-refractivity contribution in [2.75, 3.05) is 13.2 Å². The molecule has 3 aliphatic carbocycles. The summed E-state index contributed by atoms with van der Waals surface area (Å²) in [6.45, 7) is 2.28. The zero-order valence-electron chi connectivity index (χ0n) is 20.6. The first-order chi connectivity index (χ1) is 17.1. The van der Waals surface area contributed by atoms with E-state index in [1.54, 1.807) is 0 Å². The van der Waals surface area contributed by atoms with Gasteiger partial charge in [0, 0.05) is 11.8 Å². The zero-order chi connectivity index (χ0) is 24.4. The standard InChI is InChI=1S/C30H35NO4/c1-2-3-4-5-6-7-8-13-18-35-24(32)19-31-29(33)27-25-20-14-9-10-15-21(20)26(28(27)30(31)34)23-17-12-11-16-22(23)25/h9-12,14-17,25-28H,2-8,13,18-19H2,1H3. The van der Waals surface area contributed by atoms with Gasteiger partial charge in [0.25, 0.3) is 0 Å². The minimum Gasteiger partial charge on any atom is -0.464 e. The summed E-state index contributed by atoms with van der Waals surface area (Å²) in [4.78, 5) is 40.8. The monoisotopic (exact) mass is 473 g/mol. The van der Waals surface area contributed by atoms with Crippen molar-refractivity contribution in [1.29, 1.82) is 0 Å². The van der Waals surface area contributed by atoms with E-state index in [4.69, 9.17) is 4.74 Å². The van der Waals surface area contributed by atoms with Gasteiger partial charge in [0.2, 0.25) is 11.8 Å². The maximum atomic E-state index is 13.5. The van der Waals surface area contributed by atoms with Crippen molar-refractivity contribution >= 4 is 17.8 Å². The summed E-state index contributed by atoms with van der Waals surface area (Å²) < 4.78 is 5.41. The fraction of sp³-hybridized carbons (Fsp3) is 0.500. The lowest BCUT2D eigenvalue weighted by atomic mass is 9.55. The third kappa shape index (κ3) is 4.30. The molecule has 2 bridgehead atoms. The molecule has 2 atom stereocenters. The van der Waals surface area contributed by atoms with Gasteiger partial charge in [-0.1, -0.05) is 100 Å². The maximum Gasteiger partial charge on any atom is 0.326 e. The van der Waals surface area contributed by atoms with Gasteiger partial charge in [0.05, 0.1) is 18.4 Å². The normalized spacial score (nSPS) is 23.7. The molecule has 2 amide bonds. The quantitative estimate of drug-likeness (QED) is 0.243. The molecule has 0 radical (unpaired) electrons. The Morgan fingerprint density at radius 3 is 1.60 bits per heavy atom. The molecule has 4 aliphatic rings. The Morgan fingerprint density at radius 2 is 1.14 bits per heavy atom. The van der Waals surface area contributed by atoms with E-state index in [2.05, 4.69) is 31.2 Å². The minimum atomic E-state index is -0.490. The first-order valence-electron chi connectivity index (χ1n) is 13.3. The summed E-state index contributed by atoms with van der Waals surface area (Å²) in [6, 6.07) is 16.3. The summed E-state index contributed by atoms with van der Waals surface area (Å²) in [5.74, 6) is -2.14. The molecule has 2 unspecified atom stereocenters. The van der Waals surface area contributed by atoms with E-state index in [0.29, 0.717) is 6.61 Å². The number of hydrogen-bond donors (Lipinski definition) is 0. The molecular formula is C30H35NO4. The van der Waals surface area contributed by atoms with Crippen LogP contribution in [0.5, 0.6) is 0 Å². The van der Waals surface area contributed by atoms with E-state index in [1.165, 1.54) is 37.0 Å². The molecular weight excluding hydrogens is 438 g/mol. The number of esters is 1. The van der Waals surface area contributed by atoms with Crippen LogP contribution in [0.15, 0.2) is 48.5 Å². The van der Waals surface area contributed by atoms with E-state index in [1.807, 2.05) is 24.3 Å². The highest BCUT2D eigenvalue weighted by atomic mass is 16.5. The van der Waals surface area contributed by atoms with Crippen molar-refractivity contribution < 1.29 is 19.1 Å². The molecule has 0 N–H and O–H groups in total. The topological polar surface area (TPSA) is 63.7 Å². The molecule has 0 spiro atoms. The third-order valence-corrected chi connectivity index (χ3v) is 8.09. The van der Waals surface area contributed by atoms with Crippen LogP contribution in [0.2, 0.25) is 0 Å². The zero-order valence-corrected chi connectivity index (χ0v) is 20.6. The smallest absolute Gasteiger partial charge is 0.326 e. The maximum absolute atomic E-state index is 13.5. The molecule has 1 saturated heterocycles. The van der Waals surface area contributed by atoms with Gasteiger partial charge in [0.1, 0.15) is 6.54 Å². The van der Waals surface area contributed by atoms with Crippen LogP contribution in [-0.2, 0) is 19.1 Å². The van der Waals surface area contributed by atoms with Gasteiger partial charge in [-0.05, 0) is 28.7 Å². The Hall–Kier alpha value is -2.95. The van der Waals surface area contributed by atoms with Gasteiger partial charge in [-0.2, -0.15) is 0 Å². The Morgan fingerprint density at radius 1 is 0.714 bits per heavy atom. The lowest BCUT2D eigenvalue weighted by molar-refractivity contribution is -0.153. The molecule has 6 rings (SSSR count). The van der Waals surface area contributed by atoms with Crippen molar-refractivity contribution in [3.05, 3.63) is 70.8 Å². The fourth-order valence-corrected chi connectivity index (χ4v) is 6.49. The van der Waals surface area contributed by atoms with E-state index >= 15 is 0 Å². The molecule has 2 aromatic carbocycles. The van der Waals surface area contributed by atoms with E-state index in [0.717, 1.165) is 41.5 Å². The summed E-state index contributed by atoms with van der Waals surface area (Å²) in [7, 11) is 0. The average Bonchev–Trinajstić information content (AvgIpc) is 3.13. The molecule has 5 heteroatoms. The SMILES string of the molecule is CCCCCCCCCCOC(=O)CN1C(=O)C2C3c4ccccc4C(c4ccccc43)C2C1=O. The molecule has 5 nitrogen and oxygen atoms in total. The number of benzene rings is 2. The van der Waals surface area contributed by atoms with Crippen LogP contribution in [-0.4, -0.2) is 35.8 Å². The van der Waals surface area contributed by atoms with Gasteiger partial charge < -0.3 is 4.74 Å². The first kappa shape index (κ1) is 23.8. The summed E-state index contributed by atoms with van der Waals surface area (Å²) in [5.41, 5.74) is 4.55. The lowest BCUT2D eigenvalue weighted by Crippen LogP contribution is -2.41. The Labute approximate surface area is 207 Å². The fourth-order valence-electron chi connectivity index (χ4n) is 6.49. The number of hydrogen-bond acceptors (Lipinski definition) is 4. The van der Waals surface area contributed by atoms with Crippen LogP contribution < -0.4 is 0 Å². The highest BCUT2D eigenvalue weighted by molar-refractivity contribution is 6.09. The van der Waals surface area contributed by atoms with Crippen molar-refractivity contribution in [1.82, 2.24) is 4.90 Å². The average molecular weight is 474 g/mol.